The van der Waals surface area contributed by atoms with Gasteiger partial charge in [0.15, 0.2) is 0 Å². The third kappa shape index (κ3) is 2.73. The minimum absolute atomic E-state index is 1.05. The molecule has 1 heteroatoms. The second kappa shape index (κ2) is 5.42. The van der Waals surface area contributed by atoms with Crippen molar-refractivity contribution in [2.24, 2.45) is 0 Å². The number of nitrogens with one attached hydrogen (secondary N) is 1. The van der Waals surface area contributed by atoms with Crippen LogP contribution in [0.2, 0.25) is 0 Å². The fourth-order valence-electron chi connectivity index (χ4n) is 1.81. The van der Waals surface area contributed by atoms with Gasteiger partial charge in [-0.3, -0.25) is 0 Å². The summed E-state index contributed by atoms with van der Waals surface area (Å²) < 4.78 is 0. The van der Waals surface area contributed by atoms with E-state index in [9.17, 15) is 0 Å². The molecule has 0 unspecified atom stereocenters. The summed E-state index contributed by atoms with van der Waals surface area (Å²) in [5.74, 6) is 6.47. The summed E-state index contributed by atoms with van der Waals surface area (Å²) in [5, 5.41) is 3.18. The molecule has 90 valence electrons. The summed E-state index contributed by atoms with van der Waals surface area (Å²) in [5.41, 5.74) is 5.65. The molecule has 0 atom stereocenters. The first-order valence-electron chi connectivity index (χ1n) is 6.07. The van der Waals surface area contributed by atoms with Crippen LogP contribution in [0.5, 0.6) is 0 Å². The van der Waals surface area contributed by atoms with E-state index in [1.165, 1.54) is 11.1 Å². The highest BCUT2D eigenvalue weighted by atomic mass is 14.8. The van der Waals surface area contributed by atoms with Gasteiger partial charge in [-0.1, -0.05) is 41.7 Å². The lowest BCUT2D eigenvalue weighted by molar-refractivity contribution is 1.40. The molecule has 0 spiro atoms. The molecule has 18 heavy (non-hydrogen) atoms. The number of benzene rings is 2. The minimum Gasteiger partial charge on any atom is -0.387 e. The zero-order valence-electron chi connectivity index (χ0n) is 11.0. The van der Waals surface area contributed by atoms with Crippen LogP contribution >= 0.6 is 0 Å². The van der Waals surface area contributed by atoms with E-state index in [0.29, 0.717) is 0 Å². The van der Waals surface area contributed by atoms with Crippen molar-refractivity contribution < 1.29 is 0 Å². The van der Waals surface area contributed by atoms with E-state index in [0.717, 1.165) is 16.8 Å². The molecular weight excluding hydrogens is 218 g/mol. The molecule has 0 heterocycles. The van der Waals surface area contributed by atoms with Crippen LogP contribution in [0.4, 0.5) is 5.69 Å². The maximum absolute atomic E-state index is 3.26. The Morgan fingerprint density at radius 1 is 0.889 bits per heavy atom. The molecule has 0 aliphatic heterocycles. The second-order valence-electron chi connectivity index (χ2n) is 4.36. The zero-order chi connectivity index (χ0) is 13.0. The van der Waals surface area contributed by atoms with Gasteiger partial charge < -0.3 is 5.32 Å². The van der Waals surface area contributed by atoms with Crippen LogP contribution in [0.25, 0.3) is 0 Å². The van der Waals surface area contributed by atoms with Crippen molar-refractivity contribution in [3.05, 3.63) is 64.7 Å². The van der Waals surface area contributed by atoms with Gasteiger partial charge >= 0.3 is 0 Å². The number of hydrogen-bond donors (Lipinski definition) is 1. The first-order chi connectivity index (χ1) is 8.70. The molecule has 1 nitrogen and oxygen atoms in total. The van der Waals surface area contributed by atoms with Gasteiger partial charge in [0.25, 0.3) is 0 Å². The van der Waals surface area contributed by atoms with Crippen LogP contribution in [0, 0.1) is 25.7 Å². The first kappa shape index (κ1) is 12.3. The normalized spacial score (nSPS) is 9.50. The standard InChI is InChI=1S/C17H17N/c1-13-7-9-15(10-8-13)11-12-16-14(2)5-4-6-17(16)18-3/h4-10,18H,1-3H3. The smallest absolute Gasteiger partial charge is 0.0509 e. The molecule has 0 aromatic heterocycles. The molecule has 2 aromatic rings. The highest BCUT2D eigenvalue weighted by Gasteiger charge is 2.00. The Balaban J connectivity index is 2.38. The van der Waals surface area contributed by atoms with Gasteiger partial charge in [0.1, 0.15) is 0 Å². The molecule has 1 N–H and O–H groups in total. The molecule has 0 saturated carbocycles. The highest BCUT2D eigenvalue weighted by molar-refractivity contribution is 5.63. The van der Waals surface area contributed by atoms with E-state index in [1.54, 1.807) is 0 Å². The summed E-state index contributed by atoms with van der Waals surface area (Å²) in [6.45, 7) is 4.16. The lowest BCUT2D eigenvalue weighted by Crippen LogP contribution is -1.94. The van der Waals surface area contributed by atoms with E-state index < -0.39 is 0 Å². The van der Waals surface area contributed by atoms with Crippen molar-refractivity contribution >= 4 is 5.69 Å². The number of aryl methyl sites for hydroxylation is 2. The van der Waals surface area contributed by atoms with Crippen molar-refractivity contribution in [2.45, 2.75) is 13.8 Å². The topological polar surface area (TPSA) is 12.0 Å². The fraction of sp³-hybridized carbons (Fsp3) is 0.176. The van der Waals surface area contributed by atoms with Gasteiger partial charge in [0.2, 0.25) is 0 Å². The van der Waals surface area contributed by atoms with Crippen LogP contribution in [0.3, 0.4) is 0 Å². The average Bonchev–Trinajstić information content (AvgIpc) is 2.39. The van der Waals surface area contributed by atoms with Crippen LogP contribution in [-0.4, -0.2) is 7.05 Å². The Morgan fingerprint density at radius 2 is 1.61 bits per heavy atom. The molecule has 0 aliphatic carbocycles. The summed E-state index contributed by atoms with van der Waals surface area (Å²) in [7, 11) is 1.92. The third-order valence-corrected chi connectivity index (χ3v) is 2.93. The summed E-state index contributed by atoms with van der Waals surface area (Å²) in [4.78, 5) is 0. The largest absolute Gasteiger partial charge is 0.387 e. The molecule has 2 aromatic carbocycles. The molecular formula is C17H17N. The lowest BCUT2D eigenvalue weighted by Gasteiger charge is -2.05. The number of hydrogen-bond acceptors (Lipinski definition) is 1. The fourth-order valence-corrected chi connectivity index (χ4v) is 1.81. The molecule has 0 aliphatic rings. The number of anilines is 1. The zero-order valence-corrected chi connectivity index (χ0v) is 11.0. The van der Waals surface area contributed by atoms with Gasteiger partial charge in [-0.15, -0.1) is 0 Å². The van der Waals surface area contributed by atoms with Crippen LogP contribution in [-0.2, 0) is 0 Å². The lowest BCUT2D eigenvalue weighted by atomic mass is 10.1. The Morgan fingerprint density at radius 3 is 2.28 bits per heavy atom. The van der Waals surface area contributed by atoms with Crippen LogP contribution in [0.15, 0.2) is 42.5 Å². The van der Waals surface area contributed by atoms with Crippen molar-refractivity contribution in [1.29, 1.82) is 0 Å². The van der Waals surface area contributed by atoms with Crippen LogP contribution < -0.4 is 5.32 Å². The van der Waals surface area contributed by atoms with E-state index in [2.05, 4.69) is 61.3 Å². The van der Waals surface area contributed by atoms with E-state index in [4.69, 9.17) is 0 Å². The van der Waals surface area contributed by atoms with Gasteiger partial charge in [0, 0.05) is 18.3 Å². The van der Waals surface area contributed by atoms with Gasteiger partial charge in [0.05, 0.1) is 5.56 Å². The monoisotopic (exact) mass is 235 g/mol. The molecule has 2 rings (SSSR count). The predicted octanol–water partition coefficient (Wildman–Crippen LogP) is 3.74. The molecule has 0 radical (unpaired) electrons. The van der Waals surface area contributed by atoms with Crippen molar-refractivity contribution in [2.75, 3.05) is 12.4 Å². The van der Waals surface area contributed by atoms with E-state index in [-0.39, 0.29) is 0 Å². The minimum atomic E-state index is 1.05. The first-order valence-corrected chi connectivity index (χ1v) is 6.07. The van der Waals surface area contributed by atoms with Crippen molar-refractivity contribution in [3.63, 3.8) is 0 Å². The Bertz CT molecular complexity index is 598. The van der Waals surface area contributed by atoms with E-state index in [1.807, 2.05) is 19.2 Å². The van der Waals surface area contributed by atoms with Gasteiger partial charge in [-0.05, 0) is 37.6 Å². The predicted molar refractivity (Wildman–Crippen MR) is 77.9 cm³/mol. The summed E-state index contributed by atoms with van der Waals surface area (Å²) in [6, 6.07) is 14.4. The average molecular weight is 235 g/mol. The Hall–Kier alpha value is -2.20. The highest BCUT2D eigenvalue weighted by Crippen LogP contribution is 2.17. The Labute approximate surface area is 109 Å². The van der Waals surface area contributed by atoms with Gasteiger partial charge in [-0.25, -0.2) is 0 Å². The Kier molecular flexibility index (Phi) is 3.69. The van der Waals surface area contributed by atoms with Crippen molar-refractivity contribution in [1.82, 2.24) is 0 Å². The molecule has 0 bridgehead atoms. The second-order valence-corrected chi connectivity index (χ2v) is 4.36. The maximum Gasteiger partial charge on any atom is 0.0509 e. The molecule has 0 amide bonds. The third-order valence-electron chi connectivity index (χ3n) is 2.93. The molecule has 0 saturated heterocycles. The van der Waals surface area contributed by atoms with Gasteiger partial charge in [-0.2, -0.15) is 0 Å². The number of rotatable bonds is 1. The quantitative estimate of drug-likeness (QED) is 0.742. The van der Waals surface area contributed by atoms with Crippen LogP contribution in [0.1, 0.15) is 22.3 Å². The van der Waals surface area contributed by atoms with Crippen molar-refractivity contribution in [3.8, 4) is 11.8 Å². The van der Waals surface area contributed by atoms with E-state index >= 15 is 0 Å². The SMILES string of the molecule is CNc1cccc(C)c1C#Cc1ccc(C)cc1. The summed E-state index contributed by atoms with van der Waals surface area (Å²) in [6.07, 6.45) is 0. The molecule has 0 fully saturated rings. The summed E-state index contributed by atoms with van der Waals surface area (Å²) >= 11 is 0. The maximum atomic E-state index is 3.26.